The molecule has 5 aliphatic rings. The average Bonchev–Trinajstić information content (AvgIpc) is 3.34. The van der Waals surface area contributed by atoms with Gasteiger partial charge in [0, 0.05) is 28.7 Å². The van der Waals surface area contributed by atoms with E-state index in [1.807, 2.05) is 13.8 Å². The molecule has 0 amide bonds. The largest absolute Gasteiger partial charge is 0.472 e. The molecule has 9 nitrogen and oxygen atoms in total. The molecule has 4 heterocycles. The van der Waals surface area contributed by atoms with Crippen LogP contribution in [0.25, 0.3) is 0 Å². The molecule has 6 rings (SSSR count). The van der Waals surface area contributed by atoms with Crippen LogP contribution >= 0.6 is 0 Å². The van der Waals surface area contributed by atoms with Crippen molar-refractivity contribution in [1.29, 1.82) is 0 Å². The molecule has 0 radical (unpaired) electrons. The lowest BCUT2D eigenvalue weighted by Gasteiger charge is -2.67. The van der Waals surface area contributed by atoms with Crippen LogP contribution in [0, 0.1) is 28.1 Å². The molecule has 2 aliphatic carbocycles. The normalized spacial score (nSPS) is 49.0. The van der Waals surface area contributed by atoms with E-state index in [1.54, 1.807) is 26.2 Å². The number of furan rings is 1. The first-order chi connectivity index (χ1) is 16.3. The Kier molecular flexibility index (Phi) is 4.47. The van der Waals surface area contributed by atoms with Crippen molar-refractivity contribution in [2.45, 2.75) is 82.9 Å². The number of epoxide rings is 1. The number of carbonyl (C=O) groups is 3. The number of ether oxygens (including phenoxy) is 3. The fourth-order valence-corrected chi connectivity index (χ4v) is 8.78. The number of fused-ring (bicyclic) bond motifs is 2. The SMILES string of the molecule is CC(C)(O)[C@@H]1CC(=O)[C@]2(C)[C@@H](CC[C@@]3(C)[C@H](c4ccoc4)OC(=O)[C@H]4O[C@]432)[C@]12COC(=O)C[C@@H]2O. The van der Waals surface area contributed by atoms with E-state index < -0.39 is 69.5 Å². The molecule has 190 valence electrons. The van der Waals surface area contributed by atoms with Crippen LogP contribution in [-0.4, -0.2) is 58.0 Å². The van der Waals surface area contributed by atoms with Crippen LogP contribution < -0.4 is 0 Å². The van der Waals surface area contributed by atoms with Crippen LogP contribution in [0.4, 0.5) is 0 Å². The molecule has 9 atom stereocenters. The Labute approximate surface area is 203 Å². The van der Waals surface area contributed by atoms with Crippen molar-refractivity contribution in [1.82, 2.24) is 0 Å². The lowest BCUT2D eigenvalue weighted by Crippen LogP contribution is -2.75. The molecule has 9 heteroatoms. The van der Waals surface area contributed by atoms with Gasteiger partial charge in [0.1, 0.15) is 24.1 Å². The number of ketones is 1. The van der Waals surface area contributed by atoms with Crippen molar-refractivity contribution in [3.05, 3.63) is 24.2 Å². The molecule has 35 heavy (non-hydrogen) atoms. The summed E-state index contributed by atoms with van der Waals surface area (Å²) >= 11 is 0. The van der Waals surface area contributed by atoms with Gasteiger partial charge in [-0.15, -0.1) is 0 Å². The number of hydrogen-bond acceptors (Lipinski definition) is 9. The van der Waals surface area contributed by atoms with E-state index in [1.165, 1.54) is 6.26 Å². The summed E-state index contributed by atoms with van der Waals surface area (Å²) in [6.07, 6.45) is 1.23. The molecule has 1 aromatic rings. The summed E-state index contributed by atoms with van der Waals surface area (Å²) < 4.78 is 23.0. The van der Waals surface area contributed by atoms with Gasteiger partial charge in [-0.1, -0.05) is 6.92 Å². The highest BCUT2D eigenvalue weighted by atomic mass is 16.7. The summed E-state index contributed by atoms with van der Waals surface area (Å²) in [6, 6.07) is 1.76. The molecule has 5 fully saturated rings. The van der Waals surface area contributed by atoms with Gasteiger partial charge in [0.2, 0.25) is 0 Å². The van der Waals surface area contributed by atoms with E-state index in [0.29, 0.717) is 18.4 Å². The molecule has 2 spiro atoms. The van der Waals surface area contributed by atoms with Crippen molar-refractivity contribution in [3.8, 4) is 0 Å². The number of aliphatic hydroxyl groups is 2. The van der Waals surface area contributed by atoms with E-state index >= 15 is 0 Å². The molecule has 2 N–H and O–H groups in total. The predicted octanol–water partition coefficient (Wildman–Crippen LogP) is 2.09. The zero-order valence-electron chi connectivity index (χ0n) is 20.4. The Balaban J connectivity index is 1.54. The standard InChI is InChI=1S/C26H32O9/c1-22(2,31)15-9-16(27)24(4)14(25(15)12-33-18(29)10-17(25)28)5-7-23(3)19(13-6-8-32-11-13)34-21(30)20-26(23,24)35-20/h6,8,11,14-15,17,19-20,28,31H,5,7,9-10,12H2,1-4H3/t14-,15+,17+,19+,20-,23+,24+,25-,26-/m1/s1. The Hall–Kier alpha value is -2.23. The number of aliphatic hydroxyl groups excluding tert-OH is 1. The second kappa shape index (κ2) is 6.75. The van der Waals surface area contributed by atoms with Gasteiger partial charge in [-0.05, 0) is 45.6 Å². The lowest BCUT2D eigenvalue weighted by atomic mass is 9.36. The Morgan fingerprint density at radius 1 is 1.11 bits per heavy atom. The molecule has 0 aromatic carbocycles. The minimum Gasteiger partial charge on any atom is -0.472 e. The third-order valence-corrected chi connectivity index (χ3v) is 10.3. The second-order valence-corrected chi connectivity index (χ2v) is 12.1. The van der Waals surface area contributed by atoms with Gasteiger partial charge in [0.05, 0.1) is 36.1 Å². The number of esters is 2. The number of carbonyl (C=O) groups excluding carboxylic acids is 3. The summed E-state index contributed by atoms with van der Waals surface area (Å²) in [5.74, 6) is -2.25. The monoisotopic (exact) mass is 488 g/mol. The summed E-state index contributed by atoms with van der Waals surface area (Å²) in [4.78, 5) is 39.4. The molecule has 1 aromatic heterocycles. The van der Waals surface area contributed by atoms with Gasteiger partial charge in [0.15, 0.2) is 6.10 Å². The molecular formula is C26H32O9. The van der Waals surface area contributed by atoms with E-state index in [0.717, 1.165) is 0 Å². The third kappa shape index (κ3) is 2.52. The third-order valence-electron chi connectivity index (χ3n) is 10.3. The summed E-state index contributed by atoms with van der Waals surface area (Å²) in [6.45, 7) is 7.01. The highest BCUT2D eigenvalue weighted by Crippen LogP contribution is 2.78. The molecule has 3 saturated heterocycles. The van der Waals surface area contributed by atoms with Crippen molar-refractivity contribution >= 4 is 17.7 Å². The molecule has 2 saturated carbocycles. The number of cyclic esters (lactones) is 2. The number of hydrogen-bond donors (Lipinski definition) is 2. The van der Waals surface area contributed by atoms with Crippen molar-refractivity contribution in [3.63, 3.8) is 0 Å². The van der Waals surface area contributed by atoms with Crippen molar-refractivity contribution in [2.24, 2.45) is 28.1 Å². The first-order valence-electron chi connectivity index (χ1n) is 12.3. The predicted molar refractivity (Wildman–Crippen MR) is 118 cm³/mol. The Morgan fingerprint density at radius 2 is 1.86 bits per heavy atom. The smallest absolute Gasteiger partial charge is 0.339 e. The van der Waals surface area contributed by atoms with Gasteiger partial charge >= 0.3 is 11.9 Å². The average molecular weight is 489 g/mol. The highest BCUT2D eigenvalue weighted by Gasteiger charge is 2.89. The number of Topliss-reactive ketones (excluding diaryl/α,β-unsaturated/α-hetero) is 1. The highest BCUT2D eigenvalue weighted by molar-refractivity contribution is 5.93. The van der Waals surface area contributed by atoms with Crippen LogP contribution in [0.15, 0.2) is 23.0 Å². The zero-order valence-corrected chi connectivity index (χ0v) is 20.4. The van der Waals surface area contributed by atoms with Gasteiger partial charge < -0.3 is 28.8 Å². The second-order valence-electron chi connectivity index (χ2n) is 12.1. The van der Waals surface area contributed by atoms with Crippen LogP contribution in [-0.2, 0) is 28.6 Å². The van der Waals surface area contributed by atoms with E-state index in [9.17, 15) is 24.6 Å². The van der Waals surface area contributed by atoms with E-state index in [2.05, 4.69) is 0 Å². The Morgan fingerprint density at radius 3 is 2.49 bits per heavy atom. The summed E-state index contributed by atoms with van der Waals surface area (Å²) in [5, 5.41) is 22.7. The maximum absolute atomic E-state index is 14.2. The van der Waals surface area contributed by atoms with Crippen LogP contribution in [0.5, 0.6) is 0 Å². The fourth-order valence-electron chi connectivity index (χ4n) is 8.78. The van der Waals surface area contributed by atoms with Crippen LogP contribution in [0.2, 0.25) is 0 Å². The minimum atomic E-state index is -1.31. The zero-order chi connectivity index (χ0) is 25.2. The van der Waals surface area contributed by atoms with Gasteiger partial charge in [-0.25, -0.2) is 4.79 Å². The Bertz CT molecular complexity index is 1100. The molecular weight excluding hydrogens is 456 g/mol. The summed E-state index contributed by atoms with van der Waals surface area (Å²) in [7, 11) is 0. The first kappa shape index (κ1) is 23.2. The summed E-state index contributed by atoms with van der Waals surface area (Å²) in [5.41, 5.74) is -4.71. The van der Waals surface area contributed by atoms with Crippen LogP contribution in [0.1, 0.15) is 65.0 Å². The first-order valence-corrected chi connectivity index (χ1v) is 12.3. The topological polar surface area (TPSA) is 136 Å². The van der Waals surface area contributed by atoms with Gasteiger partial charge in [0.25, 0.3) is 0 Å². The maximum atomic E-state index is 14.2. The van der Waals surface area contributed by atoms with E-state index in [-0.39, 0.29) is 25.2 Å². The van der Waals surface area contributed by atoms with Crippen molar-refractivity contribution < 1.29 is 43.2 Å². The minimum absolute atomic E-state index is 0.0234. The quantitative estimate of drug-likeness (QED) is 0.474. The molecule has 0 unspecified atom stereocenters. The number of rotatable bonds is 2. The fraction of sp³-hybridized carbons (Fsp3) is 0.731. The lowest BCUT2D eigenvalue weighted by molar-refractivity contribution is -0.259. The van der Waals surface area contributed by atoms with Gasteiger partial charge in [-0.2, -0.15) is 0 Å². The van der Waals surface area contributed by atoms with Crippen LogP contribution in [0.3, 0.4) is 0 Å². The maximum Gasteiger partial charge on any atom is 0.339 e. The van der Waals surface area contributed by atoms with E-state index in [4.69, 9.17) is 18.6 Å². The van der Waals surface area contributed by atoms with Gasteiger partial charge in [-0.3, -0.25) is 9.59 Å². The molecule has 3 aliphatic heterocycles. The van der Waals surface area contributed by atoms with Crippen molar-refractivity contribution in [2.75, 3.05) is 6.61 Å². The molecule has 0 bridgehead atoms.